The van der Waals surface area contributed by atoms with E-state index in [0.29, 0.717) is 17.1 Å². The molecule has 1 aromatic heterocycles. The minimum atomic E-state index is -1.15. The van der Waals surface area contributed by atoms with Gasteiger partial charge in [-0.3, -0.25) is 14.5 Å². The Labute approximate surface area is 156 Å². The predicted octanol–water partition coefficient (Wildman–Crippen LogP) is 2.93. The van der Waals surface area contributed by atoms with Gasteiger partial charge in [0.2, 0.25) is 0 Å². The highest BCUT2D eigenvalue weighted by molar-refractivity contribution is 8.26. The first-order chi connectivity index (χ1) is 12.3. The van der Waals surface area contributed by atoms with E-state index in [1.165, 1.54) is 18.2 Å². The van der Waals surface area contributed by atoms with E-state index >= 15 is 0 Å². The fourth-order valence-corrected chi connectivity index (χ4v) is 3.53. The number of benzene rings is 1. The number of amides is 1. The number of hydrogen-bond donors (Lipinski definition) is 2. The SMILES string of the molecule is O=C(O)CN1C(=O)C(=Cc2ccc(-c3cccc(C(=O)O)c3)o2)SC1=S. The van der Waals surface area contributed by atoms with Gasteiger partial charge in [0.15, 0.2) is 0 Å². The molecule has 132 valence electrons. The van der Waals surface area contributed by atoms with Crippen LogP contribution in [-0.4, -0.2) is 43.8 Å². The van der Waals surface area contributed by atoms with Crippen molar-refractivity contribution in [2.24, 2.45) is 0 Å². The normalized spacial score (nSPS) is 15.7. The molecule has 9 heteroatoms. The van der Waals surface area contributed by atoms with Crippen LogP contribution in [0.3, 0.4) is 0 Å². The number of aliphatic carboxylic acids is 1. The van der Waals surface area contributed by atoms with Crippen molar-refractivity contribution in [2.75, 3.05) is 6.54 Å². The van der Waals surface area contributed by atoms with Gasteiger partial charge >= 0.3 is 11.9 Å². The molecule has 0 aliphatic carbocycles. The van der Waals surface area contributed by atoms with Crippen LogP contribution < -0.4 is 0 Å². The Balaban J connectivity index is 1.85. The van der Waals surface area contributed by atoms with Crippen molar-refractivity contribution in [3.05, 3.63) is 52.6 Å². The molecule has 0 bridgehead atoms. The Hall–Kier alpha value is -2.91. The maximum Gasteiger partial charge on any atom is 0.335 e. The van der Waals surface area contributed by atoms with Gasteiger partial charge in [0.1, 0.15) is 22.4 Å². The van der Waals surface area contributed by atoms with Crippen LogP contribution in [0.1, 0.15) is 16.1 Å². The highest BCUT2D eigenvalue weighted by Gasteiger charge is 2.33. The molecule has 0 unspecified atom stereocenters. The first kappa shape index (κ1) is 17.9. The summed E-state index contributed by atoms with van der Waals surface area (Å²) >= 11 is 6.03. The van der Waals surface area contributed by atoms with E-state index in [9.17, 15) is 14.4 Å². The molecule has 2 N–H and O–H groups in total. The van der Waals surface area contributed by atoms with E-state index in [1.807, 2.05) is 0 Å². The zero-order chi connectivity index (χ0) is 18.8. The molecule has 0 atom stereocenters. The Morgan fingerprint density at radius 3 is 2.69 bits per heavy atom. The van der Waals surface area contributed by atoms with Crippen LogP contribution in [-0.2, 0) is 9.59 Å². The van der Waals surface area contributed by atoms with Crippen molar-refractivity contribution < 1.29 is 29.0 Å². The Kier molecular flexibility index (Phi) is 4.92. The molecule has 1 amide bonds. The first-order valence-corrected chi connectivity index (χ1v) is 8.48. The number of carbonyl (C=O) groups excluding carboxylic acids is 1. The van der Waals surface area contributed by atoms with Crippen molar-refractivity contribution >= 4 is 52.2 Å². The zero-order valence-electron chi connectivity index (χ0n) is 13.0. The minimum absolute atomic E-state index is 0.134. The molecule has 3 rings (SSSR count). The van der Waals surface area contributed by atoms with Gasteiger partial charge in [0.05, 0.1) is 10.5 Å². The monoisotopic (exact) mass is 389 g/mol. The van der Waals surface area contributed by atoms with Crippen LogP contribution in [0.2, 0.25) is 0 Å². The Morgan fingerprint density at radius 1 is 1.23 bits per heavy atom. The summed E-state index contributed by atoms with van der Waals surface area (Å²) in [6, 6.07) is 9.57. The van der Waals surface area contributed by atoms with Crippen molar-refractivity contribution in [3.8, 4) is 11.3 Å². The topological polar surface area (TPSA) is 108 Å². The van der Waals surface area contributed by atoms with E-state index in [0.717, 1.165) is 16.7 Å². The molecule has 1 saturated heterocycles. The smallest absolute Gasteiger partial charge is 0.335 e. The quantitative estimate of drug-likeness (QED) is 0.594. The standard InChI is InChI=1S/C17H11NO6S2/c19-14(20)8-18-15(21)13(26-17(18)25)7-11-4-5-12(24-11)9-2-1-3-10(6-9)16(22)23/h1-7H,8H2,(H,19,20)(H,22,23). The zero-order valence-corrected chi connectivity index (χ0v) is 14.7. The number of thioether (sulfide) groups is 1. The fraction of sp³-hybridized carbons (Fsp3) is 0.0588. The third-order valence-electron chi connectivity index (χ3n) is 3.46. The van der Waals surface area contributed by atoms with E-state index in [4.69, 9.17) is 26.8 Å². The van der Waals surface area contributed by atoms with Gasteiger partial charge in [-0.25, -0.2) is 4.79 Å². The molecule has 0 spiro atoms. The van der Waals surface area contributed by atoms with Crippen LogP contribution >= 0.6 is 24.0 Å². The molecule has 0 radical (unpaired) electrons. The van der Waals surface area contributed by atoms with Gasteiger partial charge in [-0.2, -0.15) is 0 Å². The summed E-state index contributed by atoms with van der Waals surface area (Å²) in [6.07, 6.45) is 1.48. The molecule has 1 fully saturated rings. The van der Waals surface area contributed by atoms with Crippen molar-refractivity contribution in [1.82, 2.24) is 4.90 Å². The van der Waals surface area contributed by atoms with Gasteiger partial charge in [0, 0.05) is 11.6 Å². The van der Waals surface area contributed by atoms with E-state index in [-0.39, 0.29) is 14.8 Å². The number of carbonyl (C=O) groups is 3. The van der Waals surface area contributed by atoms with Gasteiger partial charge in [0.25, 0.3) is 5.91 Å². The summed E-state index contributed by atoms with van der Waals surface area (Å²) in [6.45, 7) is -0.493. The summed E-state index contributed by atoms with van der Waals surface area (Å²) < 4.78 is 5.82. The molecular formula is C17H11NO6S2. The number of aromatic carboxylic acids is 1. The minimum Gasteiger partial charge on any atom is -0.480 e. The second-order valence-corrected chi connectivity index (χ2v) is 6.93. The molecule has 2 heterocycles. The third-order valence-corrected chi connectivity index (χ3v) is 4.84. The summed E-state index contributed by atoms with van der Waals surface area (Å²) in [5.41, 5.74) is 0.720. The summed E-state index contributed by atoms with van der Waals surface area (Å²) in [5, 5.41) is 17.9. The molecule has 1 aromatic carbocycles. The fourth-order valence-electron chi connectivity index (χ4n) is 2.29. The lowest BCUT2D eigenvalue weighted by Crippen LogP contribution is -2.33. The lowest BCUT2D eigenvalue weighted by Gasteiger charge is -2.09. The highest BCUT2D eigenvalue weighted by atomic mass is 32.2. The van der Waals surface area contributed by atoms with Gasteiger partial charge in [-0.05, 0) is 24.3 Å². The van der Waals surface area contributed by atoms with Crippen molar-refractivity contribution in [1.29, 1.82) is 0 Å². The van der Waals surface area contributed by atoms with Gasteiger partial charge < -0.3 is 14.6 Å². The molecule has 7 nitrogen and oxygen atoms in total. The maximum absolute atomic E-state index is 12.2. The Bertz CT molecular complexity index is 962. The van der Waals surface area contributed by atoms with E-state index in [2.05, 4.69) is 0 Å². The molecule has 1 aliphatic rings. The lowest BCUT2D eigenvalue weighted by molar-refractivity contribution is -0.140. The van der Waals surface area contributed by atoms with Crippen LogP contribution in [0.4, 0.5) is 0 Å². The Morgan fingerprint density at radius 2 is 2.00 bits per heavy atom. The number of carboxylic acid groups (broad SMARTS) is 2. The number of rotatable bonds is 5. The van der Waals surface area contributed by atoms with Crippen molar-refractivity contribution in [2.45, 2.75) is 0 Å². The summed E-state index contributed by atoms with van der Waals surface area (Å²) in [5.74, 6) is -1.87. The van der Waals surface area contributed by atoms with Crippen molar-refractivity contribution in [3.63, 3.8) is 0 Å². The number of carboxylic acids is 2. The number of furan rings is 1. The molecular weight excluding hydrogens is 378 g/mol. The molecule has 26 heavy (non-hydrogen) atoms. The highest BCUT2D eigenvalue weighted by Crippen LogP contribution is 2.33. The summed E-state index contributed by atoms with van der Waals surface area (Å²) in [4.78, 5) is 35.4. The average molecular weight is 389 g/mol. The molecule has 1 aliphatic heterocycles. The maximum atomic E-state index is 12.2. The third kappa shape index (κ3) is 3.68. The number of nitrogens with zero attached hydrogens (tertiary/aromatic N) is 1. The van der Waals surface area contributed by atoms with Gasteiger partial charge in [-0.15, -0.1) is 0 Å². The second-order valence-electron chi connectivity index (χ2n) is 5.25. The predicted molar refractivity (Wildman–Crippen MR) is 98.6 cm³/mol. The van der Waals surface area contributed by atoms with Gasteiger partial charge in [-0.1, -0.05) is 36.1 Å². The second kappa shape index (κ2) is 7.14. The lowest BCUT2D eigenvalue weighted by atomic mass is 10.1. The molecule has 2 aromatic rings. The van der Waals surface area contributed by atoms with Crippen LogP contribution in [0.5, 0.6) is 0 Å². The largest absolute Gasteiger partial charge is 0.480 e. The molecule has 0 saturated carbocycles. The summed E-state index contributed by atoms with van der Waals surface area (Å²) in [7, 11) is 0. The van der Waals surface area contributed by atoms with Crippen LogP contribution in [0.15, 0.2) is 45.7 Å². The number of thiocarbonyl (C=S) groups is 1. The average Bonchev–Trinajstić information content (AvgIpc) is 3.15. The number of hydrogen-bond acceptors (Lipinski definition) is 6. The van der Waals surface area contributed by atoms with E-state index < -0.39 is 24.4 Å². The van der Waals surface area contributed by atoms with E-state index in [1.54, 1.807) is 24.3 Å². The van der Waals surface area contributed by atoms with Crippen LogP contribution in [0, 0.1) is 0 Å². The first-order valence-electron chi connectivity index (χ1n) is 7.26. The van der Waals surface area contributed by atoms with Crippen LogP contribution in [0.25, 0.3) is 17.4 Å².